The third-order valence-electron chi connectivity index (χ3n) is 2.49. The summed E-state index contributed by atoms with van der Waals surface area (Å²) >= 11 is 5.78. The van der Waals surface area contributed by atoms with Gasteiger partial charge in [-0.25, -0.2) is 0 Å². The second kappa shape index (κ2) is 6.02. The molecule has 1 amide bonds. The van der Waals surface area contributed by atoms with Gasteiger partial charge in [-0.15, -0.1) is 0 Å². The molecule has 1 aromatic carbocycles. The zero-order valence-corrected chi connectivity index (χ0v) is 11.2. The predicted molar refractivity (Wildman–Crippen MR) is 73.7 cm³/mol. The monoisotopic (exact) mass is 305 g/mol. The molecule has 2 rings (SSSR count). The summed E-state index contributed by atoms with van der Waals surface area (Å²) in [5.74, 6) is -0.764. The van der Waals surface area contributed by atoms with Crippen LogP contribution in [0, 0.1) is 21.4 Å². The number of aromatic nitrogens is 2. The number of nitrogens with zero attached hydrogens (tertiary/aromatic N) is 4. The first kappa shape index (κ1) is 14.5. The highest BCUT2D eigenvalue weighted by Gasteiger charge is 2.13. The summed E-state index contributed by atoms with van der Waals surface area (Å²) in [6, 6.07) is 7.58. The molecule has 0 saturated carbocycles. The van der Waals surface area contributed by atoms with Gasteiger partial charge in [-0.1, -0.05) is 11.6 Å². The molecular formula is C12H8ClN5O3. The fraction of sp³-hybridized carbons (Fsp3) is 0.0833. The Morgan fingerprint density at radius 1 is 1.52 bits per heavy atom. The molecule has 8 nitrogen and oxygen atoms in total. The fourth-order valence-electron chi connectivity index (χ4n) is 1.57. The molecule has 1 N–H and O–H groups in total. The molecule has 1 heterocycles. The van der Waals surface area contributed by atoms with Gasteiger partial charge in [-0.3, -0.25) is 4.79 Å². The summed E-state index contributed by atoms with van der Waals surface area (Å²) in [6.45, 7) is -0.182. The summed E-state index contributed by atoms with van der Waals surface area (Å²) in [6.07, 6.45) is 1.33. The molecule has 2 aromatic rings. The summed E-state index contributed by atoms with van der Waals surface area (Å²) in [7, 11) is 0. The number of carbonyl (C=O) groups excluding carboxylic acids is 1. The van der Waals surface area contributed by atoms with Crippen molar-refractivity contribution in [2.24, 2.45) is 0 Å². The summed E-state index contributed by atoms with van der Waals surface area (Å²) in [5, 5.41) is 25.8. The summed E-state index contributed by atoms with van der Waals surface area (Å²) in [5.41, 5.74) is 0.645. The summed E-state index contributed by atoms with van der Waals surface area (Å²) < 4.78 is 1.15. The standard InChI is InChI=1S/C12H8ClN5O3/c13-10-2-1-9(5-8(10)6-14)15-12(19)7-17-4-3-11(16-17)18(20)21/h1-5H,7H2,(H,15,19). The van der Waals surface area contributed by atoms with Crippen molar-refractivity contribution < 1.29 is 9.72 Å². The van der Waals surface area contributed by atoms with Crippen LogP contribution in [-0.4, -0.2) is 20.6 Å². The van der Waals surface area contributed by atoms with Gasteiger partial charge in [0.05, 0.1) is 27.9 Å². The molecule has 0 saturated heterocycles. The van der Waals surface area contributed by atoms with Crippen molar-refractivity contribution in [1.82, 2.24) is 9.78 Å². The van der Waals surface area contributed by atoms with E-state index in [0.717, 1.165) is 4.68 Å². The zero-order valence-electron chi connectivity index (χ0n) is 10.5. The van der Waals surface area contributed by atoms with Gasteiger partial charge in [-0.05, 0) is 23.1 Å². The number of amides is 1. The number of hydrogen-bond donors (Lipinski definition) is 1. The molecule has 21 heavy (non-hydrogen) atoms. The van der Waals surface area contributed by atoms with Crippen LogP contribution in [0.25, 0.3) is 0 Å². The van der Waals surface area contributed by atoms with E-state index in [2.05, 4.69) is 10.4 Å². The van der Waals surface area contributed by atoms with Crippen LogP contribution >= 0.6 is 11.6 Å². The first-order chi connectivity index (χ1) is 9.99. The average molecular weight is 306 g/mol. The van der Waals surface area contributed by atoms with Crippen molar-refractivity contribution in [3.8, 4) is 6.07 Å². The molecule has 0 bridgehead atoms. The minimum atomic E-state index is -0.646. The molecule has 0 unspecified atom stereocenters. The molecule has 106 valence electrons. The smallest absolute Gasteiger partial charge is 0.358 e. The molecular weight excluding hydrogens is 298 g/mol. The number of anilines is 1. The van der Waals surface area contributed by atoms with Crippen molar-refractivity contribution >= 4 is 29.0 Å². The molecule has 0 radical (unpaired) electrons. The molecule has 0 aliphatic rings. The molecule has 9 heteroatoms. The highest BCUT2D eigenvalue weighted by molar-refractivity contribution is 6.31. The molecule has 0 fully saturated rings. The minimum Gasteiger partial charge on any atom is -0.358 e. The van der Waals surface area contributed by atoms with E-state index in [1.165, 1.54) is 24.4 Å². The Hall–Kier alpha value is -2.92. The summed E-state index contributed by atoms with van der Waals surface area (Å²) in [4.78, 5) is 21.6. The van der Waals surface area contributed by atoms with Crippen molar-refractivity contribution in [1.29, 1.82) is 5.26 Å². The number of nitro groups is 1. The molecule has 0 atom stereocenters. The third kappa shape index (κ3) is 3.55. The van der Waals surface area contributed by atoms with E-state index in [1.807, 2.05) is 6.07 Å². The quantitative estimate of drug-likeness (QED) is 0.685. The SMILES string of the molecule is N#Cc1cc(NC(=O)Cn2ccc([N+](=O)[O-])n2)ccc1Cl. The fourth-order valence-corrected chi connectivity index (χ4v) is 1.73. The lowest BCUT2D eigenvalue weighted by Gasteiger charge is -2.05. The van der Waals surface area contributed by atoms with Crippen molar-refractivity contribution in [2.75, 3.05) is 5.32 Å². The van der Waals surface area contributed by atoms with E-state index < -0.39 is 10.8 Å². The van der Waals surface area contributed by atoms with Crippen molar-refractivity contribution in [3.05, 3.63) is 51.2 Å². The van der Waals surface area contributed by atoms with Crippen LogP contribution in [0.15, 0.2) is 30.5 Å². The number of nitrogens with one attached hydrogen (secondary N) is 1. The third-order valence-corrected chi connectivity index (χ3v) is 2.82. The normalized spacial score (nSPS) is 9.90. The Kier molecular flexibility index (Phi) is 4.15. The Labute approximate surface area is 123 Å². The number of rotatable bonds is 4. The molecule has 1 aromatic heterocycles. The Morgan fingerprint density at radius 3 is 2.90 bits per heavy atom. The van der Waals surface area contributed by atoms with Crippen LogP contribution in [-0.2, 0) is 11.3 Å². The van der Waals surface area contributed by atoms with E-state index in [0.29, 0.717) is 10.7 Å². The maximum Gasteiger partial charge on any atom is 0.389 e. The van der Waals surface area contributed by atoms with Gasteiger partial charge >= 0.3 is 5.82 Å². The van der Waals surface area contributed by atoms with Gasteiger partial charge in [0.15, 0.2) is 0 Å². The van der Waals surface area contributed by atoms with E-state index in [9.17, 15) is 14.9 Å². The Bertz CT molecular complexity index is 750. The highest BCUT2D eigenvalue weighted by atomic mass is 35.5. The van der Waals surface area contributed by atoms with E-state index in [-0.39, 0.29) is 17.9 Å². The van der Waals surface area contributed by atoms with Crippen molar-refractivity contribution in [3.63, 3.8) is 0 Å². The number of nitriles is 1. The lowest BCUT2D eigenvalue weighted by molar-refractivity contribution is -0.389. The van der Waals surface area contributed by atoms with Gasteiger partial charge in [0, 0.05) is 5.69 Å². The van der Waals surface area contributed by atoms with Gasteiger partial charge in [0.25, 0.3) is 0 Å². The molecule has 0 aliphatic carbocycles. The van der Waals surface area contributed by atoms with Gasteiger partial charge in [-0.2, -0.15) is 9.94 Å². The lowest BCUT2D eigenvalue weighted by atomic mass is 10.2. The average Bonchev–Trinajstić information content (AvgIpc) is 2.89. The zero-order chi connectivity index (χ0) is 15.4. The van der Waals surface area contributed by atoms with Gasteiger partial charge in [0.2, 0.25) is 5.91 Å². The van der Waals surface area contributed by atoms with E-state index in [4.69, 9.17) is 16.9 Å². The van der Waals surface area contributed by atoms with E-state index >= 15 is 0 Å². The first-order valence-electron chi connectivity index (χ1n) is 5.67. The largest absolute Gasteiger partial charge is 0.389 e. The second-order valence-electron chi connectivity index (χ2n) is 3.98. The Balaban J connectivity index is 2.04. The van der Waals surface area contributed by atoms with Crippen LogP contribution in [0.3, 0.4) is 0 Å². The van der Waals surface area contributed by atoms with Crippen molar-refractivity contribution in [2.45, 2.75) is 6.54 Å². The Morgan fingerprint density at radius 2 is 2.29 bits per heavy atom. The number of carbonyl (C=O) groups is 1. The molecule has 0 spiro atoms. The van der Waals surface area contributed by atoms with Gasteiger partial charge < -0.3 is 15.4 Å². The lowest BCUT2D eigenvalue weighted by Crippen LogP contribution is -2.19. The molecule has 0 aliphatic heterocycles. The maximum absolute atomic E-state index is 11.8. The van der Waals surface area contributed by atoms with Crippen LogP contribution in [0.1, 0.15) is 5.56 Å². The maximum atomic E-state index is 11.8. The number of halogens is 1. The number of benzene rings is 1. The van der Waals surface area contributed by atoms with Crippen LogP contribution in [0.2, 0.25) is 5.02 Å². The second-order valence-corrected chi connectivity index (χ2v) is 4.39. The van der Waals surface area contributed by atoms with Gasteiger partial charge in [0.1, 0.15) is 12.6 Å². The minimum absolute atomic E-state index is 0.182. The van der Waals surface area contributed by atoms with E-state index in [1.54, 1.807) is 6.07 Å². The first-order valence-corrected chi connectivity index (χ1v) is 6.05. The van der Waals surface area contributed by atoms with Crippen LogP contribution in [0.5, 0.6) is 0 Å². The van der Waals surface area contributed by atoms with Crippen LogP contribution < -0.4 is 5.32 Å². The highest BCUT2D eigenvalue weighted by Crippen LogP contribution is 2.19. The van der Waals surface area contributed by atoms with Crippen LogP contribution in [0.4, 0.5) is 11.5 Å². The predicted octanol–water partition coefficient (Wildman–Crippen LogP) is 1.96. The topological polar surface area (TPSA) is 114 Å². The number of hydrogen-bond acceptors (Lipinski definition) is 5.